The molecule has 104 valence electrons. The predicted octanol–water partition coefficient (Wildman–Crippen LogP) is 2.29. The Balaban J connectivity index is 2.05. The molecule has 4 nitrogen and oxygen atoms in total. The fraction of sp³-hybridized carbons (Fsp3) is 0.500. The van der Waals surface area contributed by atoms with Crippen molar-refractivity contribution in [3.05, 3.63) is 23.8 Å². The third-order valence-electron chi connectivity index (χ3n) is 3.06. The van der Waals surface area contributed by atoms with Crippen molar-refractivity contribution < 1.29 is 9.53 Å². The van der Waals surface area contributed by atoms with Crippen LogP contribution in [-0.2, 0) is 0 Å². The lowest BCUT2D eigenvalue weighted by molar-refractivity contribution is 0.0934. The largest absolute Gasteiger partial charge is 0.494 e. The molecule has 1 amide bonds. The Morgan fingerprint density at radius 2 is 2.16 bits per heavy atom. The maximum atomic E-state index is 12.2. The third-order valence-corrected chi connectivity index (χ3v) is 4.11. The summed E-state index contributed by atoms with van der Waals surface area (Å²) in [6, 6.07) is 5.45. The van der Waals surface area contributed by atoms with E-state index in [4.69, 9.17) is 10.5 Å². The molecule has 1 aliphatic heterocycles. The molecular weight excluding hydrogens is 260 g/mol. The summed E-state index contributed by atoms with van der Waals surface area (Å²) < 4.78 is 5.40. The minimum Gasteiger partial charge on any atom is -0.494 e. The lowest BCUT2D eigenvalue weighted by atomic mass is 10.1. The van der Waals surface area contributed by atoms with E-state index in [0.717, 1.165) is 24.3 Å². The second-order valence-corrected chi connectivity index (χ2v) is 5.81. The van der Waals surface area contributed by atoms with Crippen LogP contribution in [-0.4, -0.2) is 30.1 Å². The van der Waals surface area contributed by atoms with Gasteiger partial charge in [-0.25, -0.2) is 0 Å². The van der Waals surface area contributed by atoms with Crippen LogP contribution in [0, 0.1) is 0 Å². The number of nitrogens with one attached hydrogen (secondary N) is 1. The molecule has 0 radical (unpaired) electrons. The molecule has 1 aromatic rings. The highest BCUT2D eigenvalue weighted by molar-refractivity contribution is 7.99. The van der Waals surface area contributed by atoms with Gasteiger partial charge in [-0.2, -0.15) is 11.8 Å². The van der Waals surface area contributed by atoms with Gasteiger partial charge < -0.3 is 15.8 Å². The zero-order chi connectivity index (χ0) is 13.7. The quantitative estimate of drug-likeness (QED) is 0.831. The van der Waals surface area contributed by atoms with Gasteiger partial charge in [-0.3, -0.25) is 4.79 Å². The summed E-state index contributed by atoms with van der Waals surface area (Å²) in [7, 11) is 0. The number of hydrogen-bond acceptors (Lipinski definition) is 4. The van der Waals surface area contributed by atoms with Crippen molar-refractivity contribution in [3.63, 3.8) is 0 Å². The van der Waals surface area contributed by atoms with Crippen LogP contribution in [0.15, 0.2) is 18.2 Å². The Bertz CT molecular complexity index is 445. The first-order chi connectivity index (χ1) is 9.19. The van der Waals surface area contributed by atoms with Crippen LogP contribution >= 0.6 is 11.8 Å². The van der Waals surface area contributed by atoms with Crippen molar-refractivity contribution in [1.82, 2.24) is 5.32 Å². The Labute approximate surface area is 118 Å². The summed E-state index contributed by atoms with van der Waals surface area (Å²) in [5.74, 6) is 2.81. The first-order valence-corrected chi connectivity index (χ1v) is 7.76. The Hall–Kier alpha value is -1.36. The number of thioether (sulfide) groups is 1. The van der Waals surface area contributed by atoms with Crippen LogP contribution < -0.4 is 15.8 Å². The van der Waals surface area contributed by atoms with E-state index in [9.17, 15) is 4.79 Å². The SMILES string of the molecule is CCOc1cc(N)cc(C(=O)NC2CCSCC2)c1. The number of rotatable bonds is 4. The number of amides is 1. The summed E-state index contributed by atoms with van der Waals surface area (Å²) in [4.78, 5) is 12.2. The van der Waals surface area contributed by atoms with Gasteiger partial charge in [0.25, 0.3) is 5.91 Å². The molecule has 1 aromatic carbocycles. The number of benzene rings is 1. The van der Waals surface area contributed by atoms with Crippen LogP contribution in [0.5, 0.6) is 5.75 Å². The summed E-state index contributed by atoms with van der Waals surface area (Å²) in [6.07, 6.45) is 2.08. The topological polar surface area (TPSA) is 64.3 Å². The molecule has 5 heteroatoms. The lowest BCUT2D eigenvalue weighted by Gasteiger charge is -2.22. The summed E-state index contributed by atoms with van der Waals surface area (Å²) >= 11 is 1.94. The highest BCUT2D eigenvalue weighted by Crippen LogP contribution is 2.21. The van der Waals surface area contributed by atoms with Gasteiger partial charge in [-0.1, -0.05) is 0 Å². The number of hydrogen-bond donors (Lipinski definition) is 2. The molecule has 1 heterocycles. The van der Waals surface area contributed by atoms with E-state index in [1.165, 1.54) is 0 Å². The van der Waals surface area contributed by atoms with Crippen molar-refractivity contribution in [2.45, 2.75) is 25.8 Å². The fourth-order valence-electron chi connectivity index (χ4n) is 2.11. The molecule has 0 aromatic heterocycles. The molecule has 1 aliphatic rings. The van der Waals surface area contributed by atoms with Gasteiger partial charge in [-0.05, 0) is 43.4 Å². The average molecular weight is 280 g/mol. The van der Waals surface area contributed by atoms with Crippen molar-refractivity contribution in [1.29, 1.82) is 0 Å². The molecule has 1 fully saturated rings. The van der Waals surface area contributed by atoms with Gasteiger partial charge >= 0.3 is 0 Å². The zero-order valence-corrected chi connectivity index (χ0v) is 12.0. The van der Waals surface area contributed by atoms with Gasteiger partial charge in [0.1, 0.15) is 5.75 Å². The summed E-state index contributed by atoms with van der Waals surface area (Å²) in [5, 5.41) is 3.07. The first-order valence-electron chi connectivity index (χ1n) is 6.61. The molecule has 0 spiro atoms. The molecular formula is C14H20N2O2S. The van der Waals surface area contributed by atoms with E-state index in [-0.39, 0.29) is 11.9 Å². The Morgan fingerprint density at radius 3 is 2.84 bits per heavy atom. The molecule has 0 aliphatic carbocycles. The summed E-state index contributed by atoms with van der Waals surface area (Å²) in [5.41, 5.74) is 6.92. The molecule has 3 N–H and O–H groups in total. The third kappa shape index (κ3) is 4.06. The second kappa shape index (κ2) is 6.70. The molecule has 0 atom stereocenters. The number of nitrogens with two attached hydrogens (primary N) is 1. The maximum absolute atomic E-state index is 12.2. The highest BCUT2D eigenvalue weighted by atomic mass is 32.2. The molecule has 0 unspecified atom stereocenters. The maximum Gasteiger partial charge on any atom is 0.251 e. The molecule has 0 saturated carbocycles. The molecule has 1 saturated heterocycles. The lowest BCUT2D eigenvalue weighted by Crippen LogP contribution is -2.37. The standard InChI is InChI=1S/C14H20N2O2S/c1-2-18-13-8-10(7-11(15)9-13)14(17)16-12-3-5-19-6-4-12/h7-9,12H,2-6,15H2,1H3,(H,16,17). The molecule has 19 heavy (non-hydrogen) atoms. The highest BCUT2D eigenvalue weighted by Gasteiger charge is 2.17. The van der Waals surface area contributed by atoms with Crippen LogP contribution in [0.4, 0.5) is 5.69 Å². The number of ether oxygens (including phenoxy) is 1. The number of nitrogen functional groups attached to an aromatic ring is 1. The van der Waals surface area contributed by atoms with Gasteiger partial charge in [0.15, 0.2) is 0 Å². The monoisotopic (exact) mass is 280 g/mol. The summed E-state index contributed by atoms with van der Waals surface area (Å²) in [6.45, 7) is 2.47. The van der Waals surface area contributed by atoms with Crippen molar-refractivity contribution >= 4 is 23.4 Å². The zero-order valence-electron chi connectivity index (χ0n) is 11.1. The van der Waals surface area contributed by atoms with E-state index >= 15 is 0 Å². The number of carbonyl (C=O) groups excluding carboxylic acids is 1. The number of anilines is 1. The van der Waals surface area contributed by atoms with Crippen molar-refractivity contribution in [2.24, 2.45) is 0 Å². The minimum absolute atomic E-state index is 0.0647. The van der Waals surface area contributed by atoms with Crippen LogP contribution in [0.1, 0.15) is 30.1 Å². The first kappa shape index (κ1) is 14.1. The normalized spacial score (nSPS) is 16.1. The molecule has 0 bridgehead atoms. The van der Waals surface area contributed by atoms with Crippen molar-refractivity contribution in [2.75, 3.05) is 23.8 Å². The minimum atomic E-state index is -0.0647. The van der Waals surface area contributed by atoms with Gasteiger partial charge in [0.05, 0.1) is 6.61 Å². The van der Waals surface area contributed by atoms with E-state index < -0.39 is 0 Å². The van der Waals surface area contributed by atoms with Gasteiger partial charge in [-0.15, -0.1) is 0 Å². The van der Waals surface area contributed by atoms with E-state index in [1.54, 1.807) is 18.2 Å². The van der Waals surface area contributed by atoms with E-state index in [0.29, 0.717) is 23.6 Å². The fourth-order valence-corrected chi connectivity index (χ4v) is 3.22. The Kier molecular flexibility index (Phi) is 4.96. The number of carbonyl (C=O) groups is 1. The Morgan fingerprint density at radius 1 is 1.42 bits per heavy atom. The van der Waals surface area contributed by atoms with Crippen LogP contribution in [0.25, 0.3) is 0 Å². The van der Waals surface area contributed by atoms with Gasteiger partial charge in [0, 0.05) is 23.4 Å². The van der Waals surface area contributed by atoms with Crippen LogP contribution in [0.3, 0.4) is 0 Å². The van der Waals surface area contributed by atoms with Crippen molar-refractivity contribution in [3.8, 4) is 5.75 Å². The van der Waals surface area contributed by atoms with Crippen LogP contribution in [0.2, 0.25) is 0 Å². The predicted molar refractivity (Wildman–Crippen MR) is 79.8 cm³/mol. The second-order valence-electron chi connectivity index (χ2n) is 4.58. The van der Waals surface area contributed by atoms with E-state index in [2.05, 4.69) is 5.32 Å². The molecule has 2 rings (SSSR count). The average Bonchev–Trinajstić information content (AvgIpc) is 2.39. The van der Waals surface area contributed by atoms with Gasteiger partial charge in [0.2, 0.25) is 0 Å². The van der Waals surface area contributed by atoms with E-state index in [1.807, 2.05) is 18.7 Å². The smallest absolute Gasteiger partial charge is 0.251 e.